The Hall–Kier alpha value is -1.28. The van der Waals surface area contributed by atoms with E-state index in [2.05, 4.69) is 18.3 Å². The Balaban J connectivity index is 2.44. The Morgan fingerprint density at radius 3 is 2.78 bits per heavy atom. The normalized spacial score (nSPS) is 14.6. The molecule has 1 aromatic heterocycles. The van der Waals surface area contributed by atoms with Crippen LogP contribution in [0.2, 0.25) is 5.02 Å². The maximum atomic E-state index is 6.31. The molecule has 0 spiro atoms. The van der Waals surface area contributed by atoms with Crippen molar-refractivity contribution in [3.63, 3.8) is 0 Å². The lowest BCUT2D eigenvalue weighted by Crippen LogP contribution is -2.10. The molecule has 94 valence electrons. The first-order valence-electron chi connectivity index (χ1n) is 6.50. The minimum atomic E-state index is 0.750. The SMILES string of the molecule is CNc1c2c(nc3c(Cl)ccc(C)c13)CCCC2. The Bertz CT molecular complexity index is 620. The van der Waals surface area contributed by atoms with Gasteiger partial charge in [0.05, 0.1) is 10.5 Å². The Labute approximate surface area is 112 Å². The molecule has 1 aliphatic rings. The fraction of sp³-hybridized carbons (Fsp3) is 0.400. The second-order valence-electron chi connectivity index (χ2n) is 4.96. The zero-order valence-electron chi connectivity index (χ0n) is 10.8. The number of aromatic nitrogens is 1. The number of pyridine rings is 1. The molecule has 0 bridgehead atoms. The molecule has 0 fully saturated rings. The van der Waals surface area contributed by atoms with Crippen LogP contribution in [0.15, 0.2) is 12.1 Å². The van der Waals surface area contributed by atoms with Gasteiger partial charge in [0.2, 0.25) is 0 Å². The summed E-state index contributed by atoms with van der Waals surface area (Å²) in [4.78, 5) is 4.81. The van der Waals surface area contributed by atoms with Crippen LogP contribution >= 0.6 is 11.6 Å². The van der Waals surface area contributed by atoms with Crippen LogP contribution in [0, 0.1) is 6.92 Å². The van der Waals surface area contributed by atoms with E-state index in [1.807, 2.05) is 13.1 Å². The molecule has 1 aromatic carbocycles. The van der Waals surface area contributed by atoms with Crippen molar-refractivity contribution in [2.45, 2.75) is 32.6 Å². The number of fused-ring (bicyclic) bond motifs is 2. The molecule has 1 aliphatic carbocycles. The van der Waals surface area contributed by atoms with Crippen LogP contribution in [0.25, 0.3) is 10.9 Å². The van der Waals surface area contributed by atoms with Crippen molar-refractivity contribution >= 4 is 28.2 Å². The highest BCUT2D eigenvalue weighted by molar-refractivity contribution is 6.35. The lowest BCUT2D eigenvalue weighted by molar-refractivity contribution is 0.672. The Kier molecular flexibility index (Phi) is 2.90. The van der Waals surface area contributed by atoms with E-state index in [4.69, 9.17) is 16.6 Å². The predicted molar refractivity (Wildman–Crippen MR) is 77.7 cm³/mol. The van der Waals surface area contributed by atoms with Gasteiger partial charge in [-0.1, -0.05) is 17.7 Å². The van der Waals surface area contributed by atoms with E-state index in [1.54, 1.807) is 0 Å². The summed E-state index contributed by atoms with van der Waals surface area (Å²) in [6.07, 6.45) is 4.69. The summed E-state index contributed by atoms with van der Waals surface area (Å²) in [5.41, 5.74) is 6.03. The monoisotopic (exact) mass is 260 g/mol. The molecule has 1 heterocycles. The van der Waals surface area contributed by atoms with Gasteiger partial charge in [0.15, 0.2) is 0 Å². The first-order valence-corrected chi connectivity index (χ1v) is 6.88. The van der Waals surface area contributed by atoms with Gasteiger partial charge >= 0.3 is 0 Å². The van der Waals surface area contributed by atoms with Crippen molar-refractivity contribution in [1.29, 1.82) is 0 Å². The lowest BCUT2D eigenvalue weighted by Gasteiger charge is -2.21. The van der Waals surface area contributed by atoms with Gasteiger partial charge < -0.3 is 5.32 Å². The quantitative estimate of drug-likeness (QED) is 0.834. The van der Waals surface area contributed by atoms with Gasteiger partial charge in [0.1, 0.15) is 0 Å². The van der Waals surface area contributed by atoms with E-state index in [0.29, 0.717) is 0 Å². The number of anilines is 1. The zero-order valence-corrected chi connectivity index (χ0v) is 11.6. The van der Waals surface area contributed by atoms with Crippen molar-refractivity contribution in [3.05, 3.63) is 34.0 Å². The van der Waals surface area contributed by atoms with Gasteiger partial charge in [-0.05, 0) is 49.8 Å². The molecule has 1 N–H and O–H groups in total. The average molecular weight is 261 g/mol. The molecule has 0 aliphatic heterocycles. The van der Waals surface area contributed by atoms with Crippen molar-refractivity contribution in [1.82, 2.24) is 4.98 Å². The first kappa shape index (κ1) is 11.8. The summed E-state index contributed by atoms with van der Waals surface area (Å²) in [5, 5.41) is 5.30. The maximum absolute atomic E-state index is 6.31. The van der Waals surface area contributed by atoms with Gasteiger partial charge in [0.25, 0.3) is 0 Å². The van der Waals surface area contributed by atoms with Crippen molar-refractivity contribution < 1.29 is 0 Å². The number of halogens is 1. The van der Waals surface area contributed by atoms with Crippen LogP contribution in [-0.4, -0.2) is 12.0 Å². The minimum absolute atomic E-state index is 0.750. The van der Waals surface area contributed by atoms with Crippen LogP contribution in [0.1, 0.15) is 29.7 Å². The molecule has 0 amide bonds. The molecule has 0 atom stereocenters. The fourth-order valence-corrected chi connectivity index (χ4v) is 3.14. The number of rotatable bonds is 1. The third-order valence-electron chi connectivity index (χ3n) is 3.82. The first-order chi connectivity index (χ1) is 8.72. The smallest absolute Gasteiger partial charge is 0.0915 e. The number of benzene rings is 1. The molecule has 3 rings (SSSR count). The molecule has 18 heavy (non-hydrogen) atoms. The summed E-state index contributed by atoms with van der Waals surface area (Å²) in [6.45, 7) is 2.12. The molecule has 3 heteroatoms. The highest BCUT2D eigenvalue weighted by Gasteiger charge is 2.19. The lowest BCUT2D eigenvalue weighted by atomic mass is 9.91. The summed E-state index contributed by atoms with van der Waals surface area (Å²) < 4.78 is 0. The van der Waals surface area contributed by atoms with Crippen molar-refractivity contribution in [3.8, 4) is 0 Å². The highest BCUT2D eigenvalue weighted by Crippen LogP contribution is 2.37. The van der Waals surface area contributed by atoms with Gasteiger partial charge in [-0.25, -0.2) is 0 Å². The molecular weight excluding hydrogens is 244 g/mol. The molecule has 0 radical (unpaired) electrons. The van der Waals surface area contributed by atoms with E-state index in [-0.39, 0.29) is 0 Å². The summed E-state index contributed by atoms with van der Waals surface area (Å²) in [5.74, 6) is 0. The molecule has 0 unspecified atom stereocenters. The molecule has 0 saturated carbocycles. The molecule has 2 nitrogen and oxygen atoms in total. The maximum Gasteiger partial charge on any atom is 0.0915 e. The number of hydrogen-bond donors (Lipinski definition) is 1. The van der Waals surface area contributed by atoms with E-state index in [1.165, 1.54) is 40.7 Å². The van der Waals surface area contributed by atoms with E-state index in [9.17, 15) is 0 Å². The fourth-order valence-electron chi connectivity index (χ4n) is 2.94. The summed E-state index contributed by atoms with van der Waals surface area (Å²) in [6, 6.07) is 4.02. The van der Waals surface area contributed by atoms with Gasteiger partial charge in [-0.15, -0.1) is 0 Å². The topological polar surface area (TPSA) is 24.9 Å². The van der Waals surface area contributed by atoms with Gasteiger partial charge in [-0.2, -0.15) is 0 Å². The third-order valence-corrected chi connectivity index (χ3v) is 4.13. The minimum Gasteiger partial charge on any atom is -0.387 e. The summed E-state index contributed by atoms with van der Waals surface area (Å²) >= 11 is 6.31. The van der Waals surface area contributed by atoms with Crippen molar-refractivity contribution in [2.24, 2.45) is 0 Å². The van der Waals surface area contributed by atoms with Crippen LogP contribution in [0.3, 0.4) is 0 Å². The van der Waals surface area contributed by atoms with E-state index >= 15 is 0 Å². The zero-order chi connectivity index (χ0) is 12.7. The van der Waals surface area contributed by atoms with Crippen LogP contribution in [0.5, 0.6) is 0 Å². The van der Waals surface area contributed by atoms with Crippen molar-refractivity contribution in [2.75, 3.05) is 12.4 Å². The second kappa shape index (κ2) is 4.43. The van der Waals surface area contributed by atoms with Crippen LogP contribution in [0.4, 0.5) is 5.69 Å². The summed E-state index contributed by atoms with van der Waals surface area (Å²) in [7, 11) is 1.99. The second-order valence-corrected chi connectivity index (χ2v) is 5.36. The highest BCUT2D eigenvalue weighted by atomic mass is 35.5. The number of aryl methyl sites for hydroxylation is 2. The number of hydrogen-bond acceptors (Lipinski definition) is 2. The molecule has 2 aromatic rings. The van der Waals surface area contributed by atoms with Gasteiger partial charge in [-0.3, -0.25) is 4.98 Å². The Morgan fingerprint density at radius 2 is 2.00 bits per heavy atom. The third kappa shape index (κ3) is 1.67. The number of nitrogens with one attached hydrogen (secondary N) is 1. The standard InChI is InChI=1S/C15H17ClN2/c1-9-7-8-11(16)15-13(9)14(17-2)10-5-3-4-6-12(10)18-15/h7-8H,3-6H2,1-2H3,(H,17,18). The predicted octanol–water partition coefficient (Wildman–Crippen LogP) is 4.12. The average Bonchev–Trinajstić information content (AvgIpc) is 2.41. The van der Waals surface area contributed by atoms with E-state index < -0.39 is 0 Å². The van der Waals surface area contributed by atoms with E-state index in [0.717, 1.165) is 23.4 Å². The molecule has 0 saturated heterocycles. The molecular formula is C15H17ClN2. The Morgan fingerprint density at radius 1 is 1.22 bits per heavy atom. The number of nitrogens with zero attached hydrogens (tertiary/aromatic N) is 1. The van der Waals surface area contributed by atoms with Crippen LogP contribution < -0.4 is 5.32 Å². The largest absolute Gasteiger partial charge is 0.387 e. The van der Waals surface area contributed by atoms with Crippen LogP contribution in [-0.2, 0) is 12.8 Å². The van der Waals surface area contributed by atoms with Gasteiger partial charge in [0, 0.05) is 23.8 Å².